The van der Waals surface area contributed by atoms with E-state index < -0.39 is 53.1 Å². The molecule has 2 amide bonds. The minimum absolute atomic E-state index is 0.106. The van der Waals surface area contributed by atoms with Gasteiger partial charge in [0, 0.05) is 39.3 Å². The Balaban J connectivity index is 1.39. The summed E-state index contributed by atoms with van der Waals surface area (Å²) < 4.78 is 51.0. The summed E-state index contributed by atoms with van der Waals surface area (Å²) >= 11 is 0.639. The molecule has 0 saturated carbocycles. The van der Waals surface area contributed by atoms with Crippen LogP contribution in [0, 0.1) is 24.4 Å². The zero-order chi connectivity index (χ0) is 28.4. The molecule has 2 aromatic rings. The van der Waals surface area contributed by atoms with Gasteiger partial charge in [-0.25, -0.2) is 22.8 Å². The van der Waals surface area contributed by atoms with E-state index in [-0.39, 0.29) is 17.2 Å². The van der Waals surface area contributed by atoms with Gasteiger partial charge in [0.1, 0.15) is 17.4 Å². The number of nitrogens with zero attached hydrogens (tertiary/aromatic N) is 3. The Bertz CT molecular complexity index is 1130. The van der Waals surface area contributed by atoms with E-state index in [0.29, 0.717) is 18.1 Å². The Labute approximate surface area is 228 Å². The number of hydrogen-bond acceptors (Lipinski definition) is 8. The number of ether oxygens (including phenoxy) is 1. The summed E-state index contributed by atoms with van der Waals surface area (Å²) in [6.45, 7) is 6.71. The number of amides is 2. The van der Waals surface area contributed by atoms with Crippen molar-refractivity contribution >= 4 is 28.5 Å². The molecular formula is C25H34F3N5O5S. The highest BCUT2D eigenvalue weighted by Crippen LogP contribution is 2.32. The summed E-state index contributed by atoms with van der Waals surface area (Å²) in [6.07, 6.45) is 3.76. The number of urea groups is 1. The van der Waals surface area contributed by atoms with Gasteiger partial charge >= 0.3 is 12.0 Å². The van der Waals surface area contributed by atoms with Gasteiger partial charge in [0.05, 0.1) is 12.2 Å². The molecule has 39 heavy (non-hydrogen) atoms. The average molecular weight is 574 g/mol. The summed E-state index contributed by atoms with van der Waals surface area (Å²) in [5.41, 5.74) is -1.38. The fourth-order valence-corrected chi connectivity index (χ4v) is 4.94. The normalized spacial score (nSPS) is 14.4. The fraction of sp³-hybridized carbons (Fsp3) is 0.560. The first-order chi connectivity index (χ1) is 18.7. The maximum Gasteiger partial charge on any atom is 0.344 e. The number of aliphatic hydroxyl groups excluding tert-OH is 1. The Kier molecular flexibility index (Phi) is 11.8. The summed E-state index contributed by atoms with van der Waals surface area (Å²) in [5.74, 6) is -5.58. The van der Waals surface area contributed by atoms with Crippen LogP contribution in [-0.4, -0.2) is 88.8 Å². The third-order valence-corrected chi connectivity index (χ3v) is 7.20. The van der Waals surface area contributed by atoms with Crippen LogP contribution >= 0.6 is 11.5 Å². The van der Waals surface area contributed by atoms with Crippen LogP contribution in [-0.2, 0) is 6.61 Å². The molecule has 0 radical (unpaired) electrons. The molecule has 1 aromatic heterocycles. The molecule has 1 aliphatic rings. The van der Waals surface area contributed by atoms with Crippen LogP contribution in [0.3, 0.4) is 0 Å². The zero-order valence-corrected chi connectivity index (χ0v) is 22.6. The van der Waals surface area contributed by atoms with Crippen LogP contribution in [0.1, 0.15) is 47.2 Å². The number of carboxylic acids is 1. The van der Waals surface area contributed by atoms with Gasteiger partial charge in [0.15, 0.2) is 17.2 Å². The molecule has 0 spiro atoms. The van der Waals surface area contributed by atoms with Gasteiger partial charge < -0.3 is 25.2 Å². The molecule has 1 fully saturated rings. The second-order valence-corrected chi connectivity index (χ2v) is 10.0. The number of aliphatic hydroxyl groups is 1. The fourth-order valence-electron chi connectivity index (χ4n) is 4.21. The van der Waals surface area contributed by atoms with Gasteiger partial charge in [-0.3, -0.25) is 10.2 Å². The van der Waals surface area contributed by atoms with Crippen LogP contribution < -0.4 is 15.4 Å². The average Bonchev–Trinajstić information content (AvgIpc) is 3.30. The van der Waals surface area contributed by atoms with Crippen molar-refractivity contribution in [2.75, 3.05) is 57.7 Å². The first-order valence-electron chi connectivity index (χ1n) is 12.8. The van der Waals surface area contributed by atoms with Crippen LogP contribution in [0.4, 0.5) is 23.0 Å². The molecular weight excluding hydrogens is 539 g/mol. The number of carbonyl (C=O) groups is 2. The summed E-state index contributed by atoms with van der Waals surface area (Å²) in [7, 11) is 0. The van der Waals surface area contributed by atoms with Crippen molar-refractivity contribution in [1.82, 2.24) is 19.5 Å². The predicted molar refractivity (Wildman–Crippen MR) is 140 cm³/mol. The molecule has 2 heterocycles. The van der Waals surface area contributed by atoms with E-state index in [9.17, 15) is 27.9 Å². The molecule has 1 saturated heterocycles. The topological polar surface area (TPSA) is 127 Å². The van der Waals surface area contributed by atoms with Crippen molar-refractivity contribution in [3.63, 3.8) is 0 Å². The third-order valence-electron chi connectivity index (χ3n) is 6.46. The van der Waals surface area contributed by atoms with Crippen molar-refractivity contribution in [3.05, 3.63) is 40.2 Å². The van der Waals surface area contributed by atoms with Gasteiger partial charge in [0.2, 0.25) is 5.88 Å². The highest BCUT2D eigenvalue weighted by atomic mass is 32.1. The van der Waals surface area contributed by atoms with Gasteiger partial charge in [0.25, 0.3) is 0 Å². The monoisotopic (exact) mass is 573 g/mol. The quantitative estimate of drug-likeness (QED) is 0.200. The Morgan fingerprint density at radius 1 is 1.05 bits per heavy atom. The number of aryl methyl sites for hydroxylation is 1. The standard InChI is InChI=1S/C25H34F3N5O5S/c1-16-14-18(26)17(21(28)20(16)27)15-38-22-19(24(35)36)23(39-31-22)30-25(37)29-6-4-2-3-5-7-32-8-10-33(11-9-32)12-13-34/h14,34H,2-13,15H2,1H3,(H,35,36)(H2,29,30,37). The Morgan fingerprint density at radius 2 is 1.72 bits per heavy atom. The van der Waals surface area contributed by atoms with Gasteiger partial charge in [-0.05, 0) is 49.5 Å². The lowest BCUT2D eigenvalue weighted by Gasteiger charge is -2.34. The van der Waals surface area contributed by atoms with Crippen LogP contribution in [0.2, 0.25) is 0 Å². The number of aromatic carboxylic acids is 1. The molecule has 0 unspecified atom stereocenters. The van der Waals surface area contributed by atoms with Gasteiger partial charge in [-0.2, -0.15) is 4.37 Å². The van der Waals surface area contributed by atoms with Crippen molar-refractivity contribution in [3.8, 4) is 5.88 Å². The minimum atomic E-state index is -1.46. The van der Waals surface area contributed by atoms with E-state index >= 15 is 0 Å². The number of carboxylic acid groups (broad SMARTS) is 1. The highest BCUT2D eigenvalue weighted by Gasteiger charge is 2.25. The second-order valence-electron chi connectivity index (χ2n) is 9.27. The number of anilines is 1. The smallest absolute Gasteiger partial charge is 0.344 e. The molecule has 1 aromatic carbocycles. The number of benzene rings is 1. The van der Waals surface area contributed by atoms with E-state index in [4.69, 9.17) is 9.84 Å². The van der Waals surface area contributed by atoms with Gasteiger partial charge in [-0.15, -0.1) is 0 Å². The molecule has 10 nitrogen and oxygen atoms in total. The van der Waals surface area contributed by atoms with E-state index in [1.54, 1.807) is 0 Å². The zero-order valence-electron chi connectivity index (χ0n) is 21.8. The molecule has 4 N–H and O–H groups in total. The molecule has 0 bridgehead atoms. The molecule has 0 atom stereocenters. The number of halogens is 3. The molecule has 14 heteroatoms. The lowest BCUT2D eigenvalue weighted by molar-refractivity contribution is 0.0693. The number of rotatable bonds is 14. The maximum atomic E-state index is 14.1. The number of carbonyl (C=O) groups excluding carboxylic acids is 1. The molecule has 0 aliphatic carbocycles. The first-order valence-corrected chi connectivity index (χ1v) is 13.6. The second kappa shape index (κ2) is 15.0. The van der Waals surface area contributed by atoms with Crippen molar-refractivity contribution in [2.24, 2.45) is 0 Å². The molecule has 3 rings (SSSR count). The lowest BCUT2D eigenvalue weighted by atomic mass is 10.1. The van der Waals surface area contributed by atoms with E-state index in [1.807, 2.05) is 0 Å². The number of β-amino-alcohol motifs (C(OH)–C–C–N with tert-alkyl or cyclic N) is 1. The van der Waals surface area contributed by atoms with Gasteiger partial charge in [-0.1, -0.05) is 12.8 Å². The Morgan fingerprint density at radius 3 is 2.38 bits per heavy atom. The number of aromatic nitrogens is 1. The Hall–Kier alpha value is -2.94. The summed E-state index contributed by atoms with van der Waals surface area (Å²) in [5, 5.41) is 23.5. The predicted octanol–water partition coefficient (Wildman–Crippen LogP) is 3.44. The molecule has 216 valence electrons. The SMILES string of the molecule is Cc1cc(F)c(COc2nsc(NC(=O)NCCCCCCN3CCN(CCO)CC3)c2C(=O)O)c(F)c1F. The van der Waals surface area contributed by atoms with E-state index in [1.165, 1.54) is 6.92 Å². The van der Waals surface area contributed by atoms with Crippen molar-refractivity contribution in [1.29, 1.82) is 0 Å². The third kappa shape index (κ3) is 8.78. The first kappa shape index (κ1) is 30.6. The summed E-state index contributed by atoms with van der Waals surface area (Å²) in [6, 6.07) is 0.196. The van der Waals surface area contributed by atoms with Crippen LogP contribution in [0.5, 0.6) is 5.88 Å². The number of unbranched alkanes of at least 4 members (excludes halogenated alkanes) is 3. The maximum absolute atomic E-state index is 14.1. The van der Waals surface area contributed by atoms with E-state index in [2.05, 4.69) is 24.8 Å². The molecule has 1 aliphatic heterocycles. The number of nitrogens with one attached hydrogen (secondary N) is 2. The number of piperazine rings is 1. The highest BCUT2D eigenvalue weighted by molar-refractivity contribution is 7.11. The largest absolute Gasteiger partial charge is 0.477 e. The summed E-state index contributed by atoms with van der Waals surface area (Å²) in [4.78, 5) is 28.7. The lowest BCUT2D eigenvalue weighted by Crippen LogP contribution is -2.47. The minimum Gasteiger partial charge on any atom is -0.477 e. The van der Waals surface area contributed by atoms with Crippen molar-refractivity contribution in [2.45, 2.75) is 39.2 Å². The van der Waals surface area contributed by atoms with Crippen molar-refractivity contribution < 1.29 is 37.7 Å². The number of hydrogen-bond donors (Lipinski definition) is 4. The van der Waals surface area contributed by atoms with Crippen LogP contribution in [0.25, 0.3) is 0 Å². The van der Waals surface area contributed by atoms with Crippen LogP contribution in [0.15, 0.2) is 6.07 Å². The van der Waals surface area contributed by atoms with E-state index in [0.717, 1.165) is 71.0 Å².